The Morgan fingerprint density at radius 1 is 1.26 bits per heavy atom. The van der Waals surface area contributed by atoms with Gasteiger partial charge in [-0.15, -0.1) is 0 Å². The van der Waals surface area contributed by atoms with Crippen LogP contribution in [0.25, 0.3) is 0 Å². The minimum atomic E-state index is -3.50. The van der Waals surface area contributed by atoms with Crippen LogP contribution in [-0.4, -0.2) is 57.7 Å². The molecule has 0 radical (unpaired) electrons. The molecule has 0 unspecified atom stereocenters. The summed E-state index contributed by atoms with van der Waals surface area (Å²) in [5, 5.41) is 0. The number of nitrogens with zero attached hydrogens (tertiary/aromatic N) is 2. The molecular weight excluding hydrogens is 314 g/mol. The van der Waals surface area contributed by atoms with Crippen LogP contribution in [0.4, 0.5) is 0 Å². The first-order chi connectivity index (χ1) is 11.1. The molecule has 23 heavy (non-hydrogen) atoms. The highest BCUT2D eigenvalue weighted by molar-refractivity contribution is 7.89. The topological polar surface area (TPSA) is 71.5 Å². The van der Waals surface area contributed by atoms with Gasteiger partial charge in [0.1, 0.15) is 4.90 Å². The molecule has 0 bridgehead atoms. The van der Waals surface area contributed by atoms with E-state index in [1.807, 2.05) is 0 Å². The van der Waals surface area contributed by atoms with Gasteiger partial charge in [0, 0.05) is 44.1 Å². The molecule has 3 heterocycles. The third-order valence-electron chi connectivity index (χ3n) is 4.89. The summed E-state index contributed by atoms with van der Waals surface area (Å²) in [6.07, 6.45) is 7.26. The Balaban J connectivity index is 1.68. The number of pyridine rings is 1. The predicted octanol–water partition coefficient (Wildman–Crippen LogP) is 1.25. The van der Waals surface area contributed by atoms with E-state index in [2.05, 4.69) is 14.6 Å². The van der Waals surface area contributed by atoms with Gasteiger partial charge in [0.2, 0.25) is 10.0 Å². The van der Waals surface area contributed by atoms with Crippen molar-refractivity contribution in [2.24, 2.45) is 5.41 Å². The van der Waals surface area contributed by atoms with Crippen molar-refractivity contribution < 1.29 is 13.2 Å². The average Bonchev–Trinajstić information content (AvgIpc) is 3.08. The number of sulfonamides is 1. The molecule has 7 heteroatoms. The third kappa shape index (κ3) is 4.29. The minimum absolute atomic E-state index is 0.0299. The summed E-state index contributed by atoms with van der Waals surface area (Å²) >= 11 is 0. The van der Waals surface area contributed by atoms with Gasteiger partial charge in [0.25, 0.3) is 0 Å². The highest BCUT2D eigenvalue weighted by Crippen LogP contribution is 2.32. The Labute approximate surface area is 138 Å². The van der Waals surface area contributed by atoms with Crippen LogP contribution in [0.5, 0.6) is 0 Å². The lowest BCUT2D eigenvalue weighted by Crippen LogP contribution is -2.47. The number of likely N-dealkylation sites (tertiary alicyclic amines) is 1. The SMILES string of the molecule is O=S(=O)(NCC1(CN2CCCC2)CCOCC1)c1cccnc1. The normalized spacial score (nSPS) is 22.3. The zero-order valence-corrected chi connectivity index (χ0v) is 14.2. The number of ether oxygens (including phenoxy) is 1. The first-order valence-electron chi connectivity index (χ1n) is 8.30. The molecular formula is C16H25N3O3S. The molecule has 3 rings (SSSR count). The largest absolute Gasteiger partial charge is 0.381 e. The van der Waals surface area contributed by atoms with Crippen molar-refractivity contribution in [3.63, 3.8) is 0 Å². The smallest absolute Gasteiger partial charge is 0.242 e. The van der Waals surface area contributed by atoms with Gasteiger partial charge in [-0.1, -0.05) is 0 Å². The van der Waals surface area contributed by atoms with E-state index < -0.39 is 10.0 Å². The van der Waals surface area contributed by atoms with Gasteiger partial charge in [0.05, 0.1) is 0 Å². The lowest BCUT2D eigenvalue weighted by Gasteiger charge is -2.40. The molecule has 2 fully saturated rings. The van der Waals surface area contributed by atoms with Crippen LogP contribution in [0.15, 0.2) is 29.4 Å². The van der Waals surface area contributed by atoms with Crippen LogP contribution in [-0.2, 0) is 14.8 Å². The van der Waals surface area contributed by atoms with Crippen molar-refractivity contribution >= 4 is 10.0 Å². The van der Waals surface area contributed by atoms with Gasteiger partial charge in [-0.05, 0) is 50.9 Å². The maximum absolute atomic E-state index is 12.5. The van der Waals surface area contributed by atoms with Gasteiger partial charge < -0.3 is 9.64 Å². The fourth-order valence-corrected chi connectivity index (χ4v) is 4.57. The molecule has 128 valence electrons. The standard InChI is InChI=1S/C16H25N3O3S/c20-23(21,15-4-3-7-17-12-15)18-13-16(5-10-22-11-6-16)14-19-8-1-2-9-19/h3-4,7,12,18H,1-2,5-6,8-11,13-14H2. The monoisotopic (exact) mass is 339 g/mol. The summed E-state index contributed by atoms with van der Waals surface area (Å²) in [7, 11) is -3.50. The molecule has 2 saturated heterocycles. The van der Waals surface area contributed by atoms with Crippen LogP contribution in [0.3, 0.4) is 0 Å². The van der Waals surface area contributed by atoms with E-state index >= 15 is 0 Å². The zero-order chi connectivity index (χ0) is 16.2. The Morgan fingerprint density at radius 2 is 2.00 bits per heavy atom. The van der Waals surface area contributed by atoms with Crippen LogP contribution in [0.2, 0.25) is 0 Å². The second-order valence-corrected chi connectivity index (χ2v) is 8.38. The van der Waals surface area contributed by atoms with Gasteiger partial charge in [0.15, 0.2) is 0 Å². The van der Waals surface area contributed by atoms with E-state index in [-0.39, 0.29) is 10.3 Å². The fourth-order valence-electron chi connectivity index (χ4n) is 3.45. The molecule has 0 amide bonds. The fraction of sp³-hybridized carbons (Fsp3) is 0.688. The van der Waals surface area contributed by atoms with E-state index in [0.29, 0.717) is 19.8 Å². The zero-order valence-electron chi connectivity index (χ0n) is 13.4. The third-order valence-corrected chi connectivity index (χ3v) is 6.28. The van der Waals surface area contributed by atoms with Gasteiger partial charge in [-0.2, -0.15) is 0 Å². The number of hydrogen-bond acceptors (Lipinski definition) is 5. The molecule has 2 aliphatic rings. The summed E-state index contributed by atoms with van der Waals surface area (Å²) in [6.45, 7) is 5.08. The van der Waals surface area contributed by atoms with E-state index in [1.54, 1.807) is 18.3 Å². The first kappa shape index (κ1) is 16.8. The van der Waals surface area contributed by atoms with Crippen molar-refractivity contribution in [3.05, 3.63) is 24.5 Å². The van der Waals surface area contributed by atoms with E-state index in [9.17, 15) is 8.42 Å². The maximum atomic E-state index is 12.5. The van der Waals surface area contributed by atoms with Crippen molar-refractivity contribution in [3.8, 4) is 0 Å². The van der Waals surface area contributed by atoms with Crippen molar-refractivity contribution in [2.75, 3.05) is 39.4 Å². The second-order valence-electron chi connectivity index (χ2n) is 6.61. The Bertz CT molecular complexity index is 594. The number of nitrogens with one attached hydrogen (secondary N) is 1. The predicted molar refractivity (Wildman–Crippen MR) is 87.6 cm³/mol. The summed E-state index contributed by atoms with van der Waals surface area (Å²) < 4.78 is 33.2. The molecule has 1 aromatic rings. The maximum Gasteiger partial charge on any atom is 0.242 e. The van der Waals surface area contributed by atoms with Crippen LogP contribution in [0.1, 0.15) is 25.7 Å². The highest BCUT2D eigenvalue weighted by Gasteiger charge is 2.36. The molecule has 0 saturated carbocycles. The van der Waals surface area contributed by atoms with E-state index in [4.69, 9.17) is 4.74 Å². The number of aromatic nitrogens is 1. The number of hydrogen-bond donors (Lipinski definition) is 1. The Hall–Kier alpha value is -1.02. The molecule has 0 aliphatic carbocycles. The summed E-state index contributed by atoms with van der Waals surface area (Å²) in [6, 6.07) is 3.22. The summed E-state index contributed by atoms with van der Waals surface area (Å²) in [5.41, 5.74) is -0.0299. The highest BCUT2D eigenvalue weighted by atomic mass is 32.2. The van der Waals surface area contributed by atoms with Gasteiger partial charge in [-0.25, -0.2) is 13.1 Å². The summed E-state index contributed by atoms with van der Waals surface area (Å²) in [5.74, 6) is 0. The van der Waals surface area contributed by atoms with Gasteiger partial charge in [-0.3, -0.25) is 4.98 Å². The Kier molecular flexibility index (Phi) is 5.31. The van der Waals surface area contributed by atoms with Crippen LogP contribution in [0, 0.1) is 5.41 Å². The molecule has 0 atom stereocenters. The van der Waals surface area contributed by atoms with Crippen molar-refractivity contribution in [2.45, 2.75) is 30.6 Å². The number of rotatable bonds is 6. The van der Waals surface area contributed by atoms with Crippen molar-refractivity contribution in [1.82, 2.24) is 14.6 Å². The van der Waals surface area contributed by atoms with Crippen LogP contribution < -0.4 is 4.72 Å². The molecule has 0 aromatic carbocycles. The van der Waals surface area contributed by atoms with Crippen LogP contribution >= 0.6 is 0 Å². The van der Waals surface area contributed by atoms with Gasteiger partial charge >= 0.3 is 0 Å². The second kappa shape index (κ2) is 7.25. The molecule has 1 aromatic heterocycles. The summed E-state index contributed by atoms with van der Waals surface area (Å²) in [4.78, 5) is 6.59. The van der Waals surface area contributed by atoms with E-state index in [1.165, 1.54) is 19.0 Å². The quantitative estimate of drug-likeness (QED) is 0.845. The average molecular weight is 339 g/mol. The molecule has 6 nitrogen and oxygen atoms in total. The molecule has 0 spiro atoms. The van der Waals surface area contributed by atoms with E-state index in [0.717, 1.165) is 32.5 Å². The molecule has 1 N–H and O–H groups in total. The lowest BCUT2D eigenvalue weighted by molar-refractivity contribution is 0.00157. The molecule has 2 aliphatic heterocycles. The lowest BCUT2D eigenvalue weighted by atomic mass is 9.80. The first-order valence-corrected chi connectivity index (χ1v) is 9.78. The minimum Gasteiger partial charge on any atom is -0.381 e. The Morgan fingerprint density at radius 3 is 2.65 bits per heavy atom. The van der Waals surface area contributed by atoms with Crippen molar-refractivity contribution in [1.29, 1.82) is 0 Å².